The van der Waals surface area contributed by atoms with E-state index in [1.807, 2.05) is 0 Å². The van der Waals surface area contributed by atoms with E-state index in [1.165, 1.54) is 36.4 Å². The summed E-state index contributed by atoms with van der Waals surface area (Å²) in [4.78, 5) is 146. The number of carbonyl (C=O) groups is 4. The summed E-state index contributed by atoms with van der Waals surface area (Å²) in [6, 6.07) is 26.4. The number of nitro benzene ring substituents is 2. The predicted molar refractivity (Wildman–Crippen MR) is 279 cm³/mol. The first kappa shape index (κ1) is 54.7. The van der Waals surface area contributed by atoms with E-state index in [2.05, 4.69) is 9.80 Å². The first-order valence-electron chi connectivity index (χ1n) is 24.6. The number of benzene rings is 4. The van der Waals surface area contributed by atoms with E-state index in [0.717, 1.165) is 26.2 Å². The summed E-state index contributed by atoms with van der Waals surface area (Å²) >= 11 is 0. The molecule has 0 bridgehead atoms. The first-order chi connectivity index (χ1) is 37.5. The minimum atomic E-state index is -1.73. The monoisotopic (exact) mass is 1070 g/mol. The van der Waals surface area contributed by atoms with Crippen LogP contribution in [0.15, 0.2) is 128 Å². The van der Waals surface area contributed by atoms with Crippen molar-refractivity contribution < 1.29 is 48.2 Å². The molecule has 6 aromatic rings. The second-order valence-corrected chi connectivity index (χ2v) is 18.0. The highest BCUT2D eigenvalue weighted by molar-refractivity contribution is 6.30. The summed E-state index contributed by atoms with van der Waals surface area (Å²) in [5, 5.41) is 23.0. The molecule has 0 amide bonds. The van der Waals surface area contributed by atoms with Crippen molar-refractivity contribution in [3.05, 3.63) is 193 Å². The Morgan fingerprint density at radius 3 is 1.21 bits per heavy atom. The Hall–Kier alpha value is -9.56. The van der Waals surface area contributed by atoms with Crippen LogP contribution in [0.3, 0.4) is 0 Å². The summed E-state index contributed by atoms with van der Waals surface area (Å²) in [6.07, 6.45) is 0.965. The van der Waals surface area contributed by atoms with Crippen LogP contribution in [-0.4, -0.2) is 140 Å². The molecule has 78 heavy (non-hydrogen) atoms. The zero-order valence-corrected chi connectivity index (χ0v) is 42.3. The van der Waals surface area contributed by atoms with E-state index in [4.69, 9.17) is 19.1 Å². The molecule has 0 atom stereocenters. The number of ketones is 2. The molecule has 8 rings (SSSR count). The largest absolute Gasteiger partial charge is 0.493 e. The molecule has 26 nitrogen and oxygen atoms in total. The Bertz CT molecular complexity index is 3280. The molecule has 2 fully saturated rings. The SMILES string of the molecule is Cn1c(=O)cc(N2CCN(CCCOc3ccc([N+](=O)[O-])cc3C(=O)c3ccccc3)CC2)n(OC(=O)C(=O)On2c(N3CCN(CCCOc4ccc([N+](=O)[O-])cc4C(=O)c4ccccc4)CC3)cc(=O)n(C)c2=O)c1=O. The highest BCUT2D eigenvalue weighted by Gasteiger charge is 2.30. The van der Waals surface area contributed by atoms with Crippen LogP contribution in [0.25, 0.3) is 0 Å². The number of non-ortho nitro benzene ring substituents is 2. The van der Waals surface area contributed by atoms with Gasteiger partial charge in [-0.15, -0.1) is 9.46 Å². The number of ether oxygens (including phenoxy) is 2. The molecule has 2 saturated heterocycles. The predicted octanol–water partition coefficient (Wildman–Crippen LogP) is 1.48. The molecule has 0 spiro atoms. The maximum atomic E-state index is 13.5. The van der Waals surface area contributed by atoms with E-state index < -0.39 is 55.8 Å². The Morgan fingerprint density at radius 2 is 0.859 bits per heavy atom. The van der Waals surface area contributed by atoms with E-state index in [-0.39, 0.29) is 85.0 Å². The maximum absolute atomic E-state index is 13.5. The van der Waals surface area contributed by atoms with Crippen molar-refractivity contribution in [1.29, 1.82) is 0 Å². The van der Waals surface area contributed by atoms with Gasteiger partial charge in [0.2, 0.25) is 0 Å². The average molecular weight is 1070 g/mol. The van der Waals surface area contributed by atoms with Crippen molar-refractivity contribution in [1.82, 2.24) is 28.4 Å². The molecule has 0 saturated carbocycles. The smallest absolute Gasteiger partial charge is 0.444 e. The molecule has 2 aliphatic rings. The number of rotatable bonds is 20. The van der Waals surface area contributed by atoms with E-state index in [1.54, 1.807) is 70.5 Å². The van der Waals surface area contributed by atoms with Crippen LogP contribution in [0, 0.1) is 20.2 Å². The summed E-state index contributed by atoms with van der Waals surface area (Å²) in [5.74, 6) is -4.24. The van der Waals surface area contributed by atoms with E-state index >= 15 is 0 Å². The molecule has 0 N–H and O–H groups in total. The lowest BCUT2D eigenvalue weighted by Gasteiger charge is -2.36. The normalized spacial score (nSPS) is 13.9. The van der Waals surface area contributed by atoms with Crippen LogP contribution in [0.4, 0.5) is 23.0 Å². The van der Waals surface area contributed by atoms with Crippen molar-refractivity contribution in [3.8, 4) is 11.5 Å². The topological polar surface area (TPSA) is 292 Å². The molecule has 26 heteroatoms. The fraction of sp³-hybridized carbons (Fsp3) is 0.308. The number of hydrogen-bond acceptors (Lipinski definition) is 20. The van der Waals surface area contributed by atoms with Gasteiger partial charge in [-0.3, -0.25) is 58.3 Å². The second kappa shape index (κ2) is 24.4. The van der Waals surface area contributed by atoms with Crippen LogP contribution in [0.5, 0.6) is 11.5 Å². The van der Waals surface area contributed by atoms with Gasteiger partial charge in [0.05, 0.1) is 34.2 Å². The first-order valence-corrected chi connectivity index (χ1v) is 24.6. The molecule has 4 heterocycles. The third-order valence-electron chi connectivity index (χ3n) is 13.1. The third-order valence-corrected chi connectivity index (χ3v) is 13.1. The summed E-state index contributed by atoms with van der Waals surface area (Å²) in [7, 11) is 2.29. The van der Waals surface area contributed by atoms with E-state index in [9.17, 15) is 58.6 Å². The zero-order valence-electron chi connectivity index (χ0n) is 42.3. The van der Waals surface area contributed by atoms with Gasteiger partial charge in [0.15, 0.2) is 23.2 Å². The standard InChI is InChI=1S/C52H52N10O16/c1-53-45(63)33-43(57-25-21-55(22-26-57)19-9-29-75-41-17-15-37(61(71)72)31-39(41)47(65)35-11-5-3-6-12-35)59(51(53)69)77-49(67)50(68)78-60-44(34-46(64)54(2)52(60)70)58-27-23-56(24-28-58)20-10-30-76-42-18-16-38(62(73)74)32-40(42)48(66)36-13-7-4-8-14-36/h3-8,11-18,31-34H,9-10,19-30H2,1-2H3. The number of aromatic nitrogens is 4. The van der Waals surface area contributed by atoms with Crippen LogP contribution < -0.4 is 51.4 Å². The van der Waals surface area contributed by atoms with Gasteiger partial charge < -0.3 is 28.9 Å². The summed E-state index contributed by atoms with van der Waals surface area (Å²) in [5.41, 5.74) is -3.42. The number of nitro groups is 2. The molecule has 406 valence electrons. The molecule has 4 aromatic carbocycles. The molecular weight excluding hydrogens is 1020 g/mol. The van der Waals surface area contributed by atoms with Crippen LogP contribution in [-0.2, 0) is 23.7 Å². The Labute approximate surface area is 442 Å². The minimum Gasteiger partial charge on any atom is -0.493 e. The highest BCUT2D eigenvalue weighted by atomic mass is 16.8. The molecule has 0 radical (unpaired) electrons. The third kappa shape index (κ3) is 12.6. The highest BCUT2D eigenvalue weighted by Crippen LogP contribution is 2.29. The quantitative estimate of drug-likeness (QED) is 0.0344. The molecule has 2 aromatic heterocycles. The van der Waals surface area contributed by atoms with Gasteiger partial charge in [0, 0.05) is 127 Å². The Kier molecular flexibility index (Phi) is 17.1. The van der Waals surface area contributed by atoms with Gasteiger partial charge in [-0.25, -0.2) is 19.2 Å². The lowest BCUT2D eigenvalue weighted by Crippen LogP contribution is -2.53. The molecular formula is C52H52N10O16. The fourth-order valence-corrected chi connectivity index (χ4v) is 8.74. The lowest BCUT2D eigenvalue weighted by molar-refractivity contribution is -0.385. The minimum absolute atomic E-state index is 0.0481. The van der Waals surface area contributed by atoms with Crippen LogP contribution in [0.2, 0.25) is 0 Å². The van der Waals surface area contributed by atoms with Crippen molar-refractivity contribution in [2.24, 2.45) is 14.1 Å². The van der Waals surface area contributed by atoms with Crippen LogP contribution >= 0.6 is 0 Å². The van der Waals surface area contributed by atoms with Crippen molar-refractivity contribution in [2.75, 3.05) is 88.5 Å². The number of nitrogens with zero attached hydrogens (tertiary/aromatic N) is 10. The molecule has 2 aliphatic heterocycles. The van der Waals surface area contributed by atoms with Gasteiger partial charge in [0.1, 0.15) is 11.5 Å². The molecule has 0 unspecified atom stereocenters. The summed E-state index contributed by atoms with van der Waals surface area (Å²) < 4.78 is 14.2. The number of piperazine rings is 2. The zero-order chi connectivity index (χ0) is 55.6. The van der Waals surface area contributed by atoms with Crippen molar-refractivity contribution in [2.45, 2.75) is 12.8 Å². The Morgan fingerprint density at radius 1 is 0.500 bits per heavy atom. The second-order valence-electron chi connectivity index (χ2n) is 18.0. The van der Waals surface area contributed by atoms with Gasteiger partial charge in [-0.1, -0.05) is 60.7 Å². The number of carbonyl (C=O) groups excluding carboxylic acids is 4. The average Bonchev–Trinajstić information content (AvgIpc) is 3.49. The van der Waals surface area contributed by atoms with Gasteiger partial charge in [-0.05, 0) is 25.0 Å². The van der Waals surface area contributed by atoms with Gasteiger partial charge in [0.25, 0.3) is 22.5 Å². The van der Waals surface area contributed by atoms with Crippen molar-refractivity contribution >= 4 is 46.5 Å². The lowest BCUT2D eigenvalue weighted by atomic mass is 10.0. The number of hydrogen-bond donors (Lipinski definition) is 0. The number of anilines is 2. The van der Waals surface area contributed by atoms with Gasteiger partial charge in [-0.2, -0.15) is 0 Å². The Balaban J connectivity index is 0.855. The fourth-order valence-electron chi connectivity index (χ4n) is 8.74. The maximum Gasteiger partial charge on any atom is 0.444 e. The van der Waals surface area contributed by atoms with Gasteiger partial charge >= 0.3 is 23.3 Å². The van der Waals surface area contributed by atoms with E-state index in [0.29, 0.717) is 81.8 Å². The molecule has 0 aliphatic carbocycles. The van der Waals surface area contributed by atoms with Crippen molar-refractivity contribution in [3.63, 3.8) is 0 Å². The van der Waals surface area contributed by atoms with Crippen LogP contribution in [0.1, 0.15) is 44.7 Å². The summed E-state index contributed by atoms with van der Waals surface area (Å²) in [6.45, 7) is 3.87.